The van der Waals surface area contributed by atoms with Crippen molar-refractivity contribution in [2.75, 3.05) is 17.3 Å². The number of nitrogens with one attached hydrogen (secondary N) is 1. The van der Waals surface area contributed by atoms with Crippen LogP contribution in [-0.2, 0) is 4.74 Å². The van der Waals surface area contributed by atoms with Gasteiger partial charge in [-0.3, -0.25) is 4.90 Å². The molecule has 0 aliphatic carbocycles. The van der Waals surface area contributed by atoms with E-state index in [0.29, 0.717) is 11.5 Å². The van der Waals surface area contributed by atoms with Crippen molar-refractivity contribution >= 4 is 34.1 Å². The van der Waals surface area contributed by atoms with Gasteiger partial charge in [0.25, 0.3) is 0 Å². The van der Waals surface area contributed by atoms with Crippen LogP contribution in [0.3, 0.4) is 0 Å². The number of nitrogens with zero attached hydrogens (tertiary/aromatic N) is 3. The van der Waals surface area contributed by atoms with Crippen molar-refractivity contribution in [3.05, 3.63) is 29.9 Å². The number of rotatable bonds is 3. The quantitative estimate of drug-likeness (QED) is 0.937. The average molecular weight is 306 g/mol. The maximum atomic E-state index is 12.0. The average Bonchev–Trinajstić information content (AvgIpc) is 2.90. The first-order valence-corrected chi connectivity index (χ1v) is 7.32. The molecule has 0 bridgehead atoms. The summed E-state index contributed by atoms with van der Waals surface area (Å²) in [6, 6.07) is 3.59. The molecule has 6 nitrogen and oxygen atoms in total. The maximum Gasteiger partial charge on any atom is 0.414 e. The molecule has 1 amide bonds. The van der Waals surface area contributed by atoms with Crippen LogP contribution in [0, 0.1) is 0 Å². The van der Waals surface area contributed by atoms with Crippen LogP contribution in [0.1, 0.15) is 20.8 Å². The summed E-state index contributed by atoms with van der Waals surface area (Å²) >= 11 is 1.49. The van der Waals surface area contributed by atoms with Crippen molar-refractivity contribution in [2.45, 2.75) is 26.4 Å². The molecule has 0 radical (unpaired) electrons. The minimum Gasteiger partial charge on any atom is -0.443 e. The molecule has 2 heterocycles. The molecule has 0 saturated heterocycles. The maximum absolute atomic E-state index is 12.0. The number of anilines is 3. The highest BCUT2D eigenvalue weighted by molar-refractivity contribution is 7.13. The summed E-state index contributed by atoms with van der Waals surface area (Å²) in [5.74, 6) is 0.672. The predicted octanol–water partition coefficient (Wildman–Crippen LogP) is 3.65. The normalized spacial score (nSPS) is 11.0. The molecule has 2 aromatic rings. The molecule has 0 unspecified atom stereocenters. The van der Waals surface area contributed by atoms with E-state index in [0.717, 1.165) is 5.13 Å². The monoisotopic (exact) mass is 306 g/mol. The standard InChI is InChI=1S/C14H18N4O2S/c1-14(2,3)20-13(19)18(4)10-5-6-11(16-9-10)17-12-15-7-8-21-12/h5-9H,1-4H3,(H,15,16,17). The van der Waals surface area contributed by atoms with E-state index >= 15 is 0 Å². The van der Waals surface area contributed by atoms with E-state index in [1.807, 2.05) is 26.2 Å². The third-order valence-electron chi connectivity index (χ3n) is 2.47. The summed E-state index contributed by atoms with van der Waals surface area (Å²) in [7, 11) is 1.65. The Kier molecular flexibility index (Phi) is 4.42. The lowest BCUT2D eigenvalue weighted by Crippen LogP contribution is -2.34. The number of carbonyl (C=O) groups is 1. The predicted molar refractivity (Wildman–Crippen MR) is 84.3 cm³/mol. The molecule has 112 valence electrons. The molecule has 21 heavy (non-hydrogen) atoms. The van der Waals surface area contributed by atoms with E-state index in [4.69, 9.17) is 4.74 Å². The topological polar surface area (TPSA) is 67.3 Å². The van der Waals surface area contributed by atoms with Crippen molar-refractivity contribution < 1.29 is 9.53 Å². The van der Waals surface area contributed by atoms with Gasteiger partial charge in [0, 0.05) is 18.6 Å². The second kappa shape index (κ2) is 6.09. The molecule has 1 N–H and O–H groups in total. The molecule has 0 atom stereocenters. The molecular formula is C14H18N4O2S. The highest BCUT2D eigenvalue weighted by Gasteiger charge is 2.20. The summed E-state index contributed by atoms with van der Waals surface area (Å²) in [6.07, 6.45) is 2.92. The third-order valence-corrected chi connectivity index (χ3v) is 3.16. The number of hydrogen-bond acceptors (Lipinski definition) is 6. The van der Waals surface area contributed by atoms with Gasteiger partial charge in [0.05, 0.1) is 11.9 Å². The van der Waals surface area contributed by atoms with Gasteiger partial charge in [0.15, 0.2) is 5.13 Å². The Bertz CT molecular complexity index is 590. The Morgan fingerprint density at radius 3 is 2.62 bits per heavy atom. The summed E-state index contributed by atoms with van der Waals surface area (Å²) < 4.78 is 5.30. The van der Waals surface area contributed by atoms with Crippen LogP contribution in [0.4, 0.5) is 21.4 Å². The largest absolute Gasteiger partial charge is 0.443 e. The molecule has 0 saturated carbocycles. The molecule has 2 aromatic heterocycles. The number of ether oxygens (including phenoxy) is 1. The van der Waals surface area contributed by atoms with Gasteiger partial charge < -0.3 is 10.1 Å². The van der Waals surface area contributed by atoms with Gasteiger partial charge in [-0.05, 0) is 32.9 Å². The van der Waals surface area contributed by atoms with Crippen molar-refractivity contribution in [1.29, 1.82) is 0 Å². The first-order chi connectivity index (χ1) is 9.85. The van der Waals surface area contributed by atoms with Crippen LogP contribution in [-0.4, -0.2) is 28.7 Å². The Morgan fingerprint density at radius 1 is 1.33 bits per heavy atom. The number of amides is 1. The lowest BCUT2D eigenvalue weighted by Gasteiger charge is -2.24. The fraction of sp³-hybridized carbons (Fsp3) is 0.357. The van der Waals surface area contributed by atoms with Crippen molar-refractivity contribution in [2.24, 2.45) is 0 Å². The van der Waals surface area contributed by atoms with Crippen molar-refractivity contribution in [3.63, 3.8) is 0 Å². The van der Waals surface area contributed by atoms with Gasteiger partial charge in [-0.1, -0.05) is 0 Å². The Balaban J connectivity index is 2.02. The minimum absolute atomic E-state index is 0.412. The minimum atomic E-state index is -0.523. The Hall–Kier alpha value is -2.15. The van der Waals surface area contributed by atoms with E-state index in [1.165, 1.54) is 16.2 Å². The Labute approximate surface area is 127 Å². The zero-order chi connectivity index (χ0) is 15.5. The highest BCUT2D eigenvalue weighted by Crippen LogP contribution is 2.20. The number of pyridine rings is 1. The van der Waals surface area contributed by atoms with Gasteiger partial charge in [-0.25, -0.2) is 14.8 Å². The summed E-state index contributed by atoms with van der Waals surface area (Å²) in [5.41, 5.74) is 0.138. The van der Waals surface area contributed by atoms with Gasteiger partial charge in [-0.2, -0.15) is 0 Å². The molecule has 0 spiro atoms. The molecule has 2 rings (SSSR count). The highest BCUT2D eigenvalue weighted by atomic mass is 32.1. The second-order valence-electron chi connectivity index (χ2n) is 5.40. The lowest BCUT2D eigenvalue weighted by atomic mass is 10.2. The fourth-order valence-corrected chi connectivity index (χ4v) is 2.02. The van der Waals surface area contributed by atoms with E-state index in [1.54, 1.807) is 31.6 Å². The van der Waals surface area contributed by atoms with Crippen LogP contribution in [0.2, 0.25) is 0 Å². The molecule has 0 aliphatic heterocycles. The second-order valence-corrected chi connectivity index (χ2v) is 6.30. The number of carbonyl (C=O) groups excluding carboxylic acids is 1. The van der Waals surface area contributed by atoms with E-state index in [2.05, 4.69) is 15.3 Å². The van der Waals surface area contributed by atoms with Crippen LogP contribution >= 0.6 is 11.3 Å². The SMILES string of the molecule is CN(C(=O)OC(C)(C)C)c1ccc(Nc2nccs2)nc1. The van der Waals surface area contributed by atoms with Crippen LogP contribution in [0.15, 0.2) is 29.9 Å². The van der Waals surface area contributed by atoms with Gasteiger partial charge in [-0.15, -0.1) is 11.3 Å². The van der Waals surface area contributed by atoms with Gasteiger partial charge in [0.1, 0.15) is 11.4 Å². The first kappa shape index (κ1) is 15.2. The summed E-state index contributed by atoms with van der Waals surface area (Å²) in [4.78, 5) is 21.8. The molecular weight excluding hydrogens is 288 g/mol. The molecule has 7 heteroatoms. The number of hydrogen-bond donors (Lipinski definition) is 1. The zero-order valence-corrected chi connectivity index (χ0v) is 13.3. The first-order valence-electron chi connectivity index (χ1n) is 6.44. The number of aromatic nitrogens is 2. The fourth-order valence-electron chi connectivity index (χ4n) is 1.49. The summed E-state index contributed by atoms with van der Waals surface area (Å²) in [5, 5.41) is 5.73. The number of thiazole rings is 1. The Morgan fingerprint density at radius 2 is 2.10 bits per heavy atom. The van der Waals surface area contributed by atoms with Gasteiger partial charge in [0.2, 0.25) is 0 Å². The van der Waals surface area contributed by atoms with E-state index in [-0.39, 0.29) is 0 Å². The van der Waals surface area contributed by atoms with Crippen LogP contribution in [0.25, 0.3) is 0 Å². The van der Waals surface area contributed by atoms with E-state index < -0.39 is 11.7 Å². The van der Waals surface area contributed by atoms with Crippen molar-refractivity contribution in [1.82, 2.24) is 9.97 Å². The molecule has 0 aromatic carbocycles. The van der Waals surface area contributed by atoms with E-state index in [9.17, 15) is 4.79 Å². The smallest absolute Gasteiger partial charge is 0.414 e. The van der Waals surface area contributed by atoms with Crippen LogP contribution in [0.5, 0.6) is 0 Å². The zero-order valence-electron chi connectivity index (χ0n) is 12.5. The van der Waals surface area contributed by atoms with Gasteiger partial charge >= 0.3 is 6.09 Å². The lowest BCUT2D eigenvalue weighted by molar-refractivity contribution is 0.0589. The molecule has 0 aliphatic rings. The van der Waals surface area contributed by atoms with Crippen molar-refractivity contribution in [3.8, 4) is 0 Å². The summed E-state index contributed by atoms with van der Waals surface area (Å²) in [6.45, 7) is 5.49. The van der Waals surface area contributed by atoms with Crippen LogP contribution < -0.4 is 10.2 Å². The molecule has 0 fully saturated rings. The third kappa shape index (κ3) is 4.42.